The maximum atomic E-state index is 13.2. The lowest BCUT2D eigenvalue weighted by molar-refractivity contribution is -0.120. The molecule has 0 spiro atoms. The van der Waals surface area contributed by atoms with Gasteiger partial charge in [0.05, 0.1) is 6.61 Å². The normalized spacial score (nSPS) is 13.0. The van der Waals surface area contributed by atoms with Crippen LogP contribution in [-0.2, 0) is 18.7 Å². The predicted molar refractivity (Wildman–Crippen MR) is 93.8 cm³/mol. The highest BCUT2D eigenvalue weighted by molar-refractivity contribution is 8.13. The molecule has 0 radical (unpaired) electrons. The number of hydrogen-bond acceptors (Lipinski definition) is 5. The van der Waals surface area contributed by atoms with Gasteiger partial charge in [0.15, 0.2) is 5.12 Å². The minimum atomic E-state index is -2.88. The third-order valence-electron chi connectivity index (χ3n) is 3.10. The number of carbonyl (C=O) groups is 2. The second kappa shape index (κ2) is 8.51. The highest BCUT2D eigenvalue weighted by Gasteiger charge is 2.47. The van der Waals surface area contributed by atoms with Gasteiger partial charge in [0.25, 0.3) is 0 Å². The fraction of sp³-hybridized carbons (Fsp3) is 0.867. The molecule has 0 saturated heterocycles. The minimum absolute atomic E-state index is 0.00688. The van der Waals surface area contributed by atoms with Gasteiger partial charge in [-0.3, -0.25) is 14.2 Å². The molecule has 7 heteroatoms. The largest absolute Gasteiger partial charge is 0.354 e. The summed E-state index contributed by atoms with van der Waals surface area (Å²) in [4.78, 5) is 22.3. The Bertz CT molecular complexity index is 420. The zero-order valence-corrected chi connectivity index (χ0v) is 16.5. The number of rotatable bonds is 7. The van der Waals surface area contributed by atoms with E-state index in [1.54, 1.807) is 0 Å². The van der Waals surface area contributed by atoms with Gasteiger partial charge >= 0.3 is 0 Å². The van der Waals surface area contributed by atoms with Crippen LogP contribution >= 0.6 is 19.1 Å². The van der Waals surface area contributed by atoms with Crippen LogP contribution in [0, 0.1) is 0 Å². The zero-order chi connectivity index (χ0) is 17.6. The fourth-order valence-electron chi connectivity index (χ4n) is 2.13. The van der Waals surface area contributed by atoms with E-state index in [0.717, 1.165) is 11.8 Å². The molecule has 1 amide bonds. The topological polar surface area (TPSA) is 72.5 Å². The Hall–Kier alpha value is -0.320. The SMILES string of the molecule is CC(=O)SCCC(=O)NCCOP(=O)(C(C)(C)C)C(C)(C)C. The van der Waals surface area contributed by atoms with Crippen molar-refractivity contribution in [3.8, 4) is 0 Å². The van der Waals surface area contributed by atoms with Crippen LogP contribution in [0.15, 0.2) is 0 Å². The average Bonchev–Trinajstić information content (AvgIpc) is 2.31. The van der Waals surface area contributed by atoms with Crippen LogP contribution < -0.4 is 5.32 Å². The molecule has 0 unspecified atom stereocenters. The number of hydrogen-bond donors (Lipinski definition) is 1. The van der Waals surface area contributed by atoms with Crippen molar-refractivity contribution in [2.75, 3.05) is 18.9 Å². The van der Waals surface area contributed by atoms with E-state index in [1.807, 2.05) is 41.5 Å². The predicted octanol–water partition coefficient (Wildman–Crippen LogP) is 3.66. The highest BCUT2D eigenvalue weighted by Crippen LogP contribution is 2.67. The van der Waals surface area contributed by atoms with Gasteiger partial charge in [0.2, 0.25) is 13.3 Å². The van der Waals surface area contributed by atoms with E-state index in [9.17, 15) is 14.2 Å². The third-order valence-corrected chi connectivity index (χ3v) is 7.99. The van der Waals surface area contributed by atoms with Crippen LogP contribution in [-0.4, -0.2) is 40.2 Å². The lowest BCUT2D eigenvalue weighted by atomic mass is 10.2. The lowest BCUT2D eigenvalue weighted by Gasteiger charge is -2.40. The molecule has 0 saturated carbocycles. The van der Waals surface area contributed by atoms with E-state index < -0.39 is 17.7 Å². The summed E-state index contributed by atoms with van der Waals surface area (Å²) in [5.74, 6) is 0.350. The Morgan fingerprint density at radius 3 is 2.00 bits per heavy atom. The van der Waals surface area contributed by atoms with Crippen LogP contribution in [0.1, 0.15) is 54.9 Å². The molecule has 0 aliphatic rings. The smallest absolute Gasteiger partial charge is 0.220 e. The van der Waals surface area contributed by atoms with Crippen LogP contribution in [0.25, 0.3) is 0 Å². The maximum Gasteiger partial charge on any atom is 0.220 e. The first-order valence-electron chi connectivity index (χ1n) is 7.46. The lowest BCUT2D eigenvalue weighted by Crippen LogP contribution is -2.33. The van der Waals surface area contributed by atoms with Crippen molar-refractivity contribution in [2.24, 2.45) is 0 Å². The molecule has 0 aliphatic carbocycles. The monoisotopic (exact) mass is 351 g/mol. The van der Waals surface area contributed by atoms with E-state index >= 15 is 0 Å². The molecular weight excluding hydrogens is 321 g/mol. The second-order valence-corrected chi connectivity index (χ2v) is 12.5. The van der Waals surface area contributed by atoms with Gasteiger partial charge in [-0.15, -0.1) is 0 Å². The van der Waals surface area contributed by atoms with Gasteiger partial charge in [0.1, 0.15) is 0 Å². The first-order valence-corrected chi connectivity index (χ1v) is 10.1. The molecule has 130 valence electrons. The van der Waals surface area contributed by atoms with Gasteiger partial charge in [-0.1, -0.05) is 53.3 Å². The molecule has 0 aromatic heterocycles. The van der Waals surface area contributed by atoms with E-state index in [2.05, 4.69) is 5.32 Å². The second-order valence-electron chi connectivity index (χ2n) is 7.17. The Balaban J connectivity index is 4.30. The van der Waals surface area contributed by atoms with Crippen molar-refractivity contribution >= 4 is 30.2 Å². The molecule has 22 heavy (non-hydrogen) atoms. The molecule has 0 aromatic carbocycles. The molecular formula is C15H30NO4PS. The standard InChI is InChI=1S/C15H30NO4PS/c1-12(17)22-11-8-13(18)16-9-10-20-21(19,14(2,3)4)15(5,6)7/h8-11H2,1-7H3,(H,16,18). The first-order chi connectivity index (χ1) is 9.81. The molecule has 5 nitrogen and oxygen atoms in total. The fourth-order valence-corrected chi connectivity index (χ4v) is 5.84. The number of carbonyl (C=O) groups excluding carboxylic acids is 2. The van der Waals surface area contributed by atoms with Gasteiger partial charge in [-0.25, -0.2) is 0 Å². The van der Waals surface area contributed by atoms with Crippen LogP contribution in [0.4, 0.5) is 0 Å². The summed E-state index contributed by atoms with van der Waals surface area (Å²) in [6.07, 6.45) is 0.292. The van der Waals surface area contributed by atoms with Crippen molar-refractivity contribution < 1.29 is 18.7 Å². The summed E-state index contributed by atoms with van der Waals surface area (Å²) < 4.78 is 18.9. The molecule has 1 N–H and O–H groups in total. The molecule has 0 rings (SSSR count). The van der Waals surface area contributed by atoms with Crippen molar-refractivity contribution in [3.63, 3.8) is 0 Å². The Morgan fingerprint density at radius 2 is 1.59 bits per heavy atom. The summed E-state index contributed by atoms with van der Waals surface area (Å²) in [5, 5.41) is 1.83. The van der Waals surface area contributed by atoms with Crippen molar-refractivity contribution in [2.45, 2.75) is 65.2 Å². The molecule has 0 bridgehead atoms. The molecule has 0 heterocycles. The van der Waals surface area contributed by atoms with E-state index in [1.165, 1.54) is 6.92 Å². The van der Waals surface area contributed by atoms with Gasteiger partial charge in [-0.05, 0) is 0 Å². The Labute approximate surface area is 138 Å². The number of thioether (sulfide) groups is 1. The van der Waals surface area contributed by atoms with Crippen molar-refractivity contribution in [3.05, 3.63) is 0 Å². The quantitative estimate of drug-likeness (QED) is 0.560. The van der Waals surface area contributed by atoms with Gasteiger partial charge < -0.3 is 9.84 Å². The van der Waals surface area contributed by atoms with Crippen LogP contribution in [0.2, 0.25) is 0 Å². The van der Waals surface area contributed by atoms with Gasteiger partial charge in [0, 0.05) is 36.0 Å². The third kappa shape index (κ3) is 6.84. The van der Waals surface area contributed by atoms with E-state index in [-0.39, 0.29) is 17.6 Å². The van der Waals surface area contributed by atoms with Crippen LogP contribution in [0.3, 0.4) is 0 Å². The summed E-state index contributed by atoms with van der Waals surface area (Å²) in [5.41, 5.74) is 0. The number of nitrogens with one attached hydrogen (secondary N) is 1. The molecule has 0 aliphatic heterocycles. The summed E-state index contributed by atoms with van der Waals surface area (Å²) >= 11 is 1.13. The zero-order valence-electron chi connectivity index (χ0n) is 14.8. The summed E-state index contributed by atoms with van der Waals surface area (Å²) in [6, 6.07) is 0. The molecule has 0 aromatic rings. The molecule has 0 atom stereocenters. The first kappa shape index (κ1) is 21.7. The summed E-state index contributed by atoms with van der Waals surface area (Å²) in [6.45, 7) is 13.5. The molecule has 0 fully saturated rings. The summed E-state index contributed by atoms with van der Waals surface area (Å²) in [7, 11) is -2.88. The van der Waals surface area contributed by atoms with Crippen molar-refractivity contribution in [1.29, 1.82) is 0 Å². The highest BCUT2D eigenvalue weighted by atomic mass is 32.2. The van der Waals surface area contributed by atoms with Crippen molar-refractivity contribution in [1.82, 2.24) is 5.32 Å². The van der Waals surface area contributed by atoms with E-state index in [4.69, 9.17) is 4.52 Å². The Morgan fingerprint density at radius 1 is 1.09 bits per heavy atom. The number of amides is 1. The van der Waals surface area contributed by atoms with E-state index in [0.29, 0.717) is 18.7 Å². The Kier molecular flexibility index (Phi) is 8.39. The van der Waals surface area contributed by atoms with Crippen LogP contribution in [0.5, 0.6) is 0 Å². The van der Waals surface area contributed by atoms with Gasteiger partial charge in [-0.2, -0.15) is 0 Å². The minimum Gasteiger partial charge on any atom is -0.354 e. The maximum absolute atomic E-state index is 13.2. The average molecular weight is 351 g/mol.